The summed E-state index contributed by atoms with van der Waals surface area (Å²) in [5.74, 6) is -7.15. The molecule has 0 radical (unpaired) electrons. The first kappa shape index (κ1) is 14.8. The second-order valence-corrected chi connectivity index (χ2v) is 5.57. The van der Waals surface area contributed by atoms with Crippen molar-refractivity contribution < 1.29 is 27.1 Å². The molecule has 1 atom stereocenters. The van der Waals surface area contributed by atoms with Gasteiger partial charge in [0.25, 0.3) is 0 Å². The molecule has 2 aliphatic rings. The Morgan fingerprint density at radius 3 is 2.42 bits per heavy atom. The number of halogens is 4. The third-order valence-electron chi connectivity index (χ3n) is 4.23. The van der Waals surface area contributed by atoms with Crippen LogP contribution in [0, 0.1) is 5.92 Å². The lowest BCUT2D eigenvalue weighted by Crippen LogP contribution is -2.48. The van der Waals surface area contributed by atoms with Crippen molar-refractivity contribution in [2.75, 3.05) is 6.61 Å². The standard InChI is InChI=1S/C13H18F4O2/c14-11(15)13(16,17)10(18)9-4-7-19-12(8-9)5-2-1-3-6-12/h9,11H,1-8H2. The summed E-state index contributed by atoms with van der Waals surface area (Å²) in [7, 11) is 0. The zero-order valence-corrected chi connectivity index (χ0v) is 10.6. The maximum absolute atomic E-state index is 13.1. The van der Waals surface area contributed by atoms with Crippen LogP contribution in [0.25, 0.3) is 0 Å². The van der Waals surface area contributed by atoms with Gasteiger partial charge in [-0.05, 0) is 25.7 Å². The largest absolute Gasteiger partial charge is 0.375 e. The summed E-state index contributed by atoms with van der Waals surface area (Å²) >= 11 is 0. The third kappa shape index (κ3) is 2.93. The van der Waals surface area contributed by atoms with Crippen LogP contribution in [0.1, 0.15) is 44.9 Å². The second-order valence-electron chi connectivity index (χ2n) is 5.57. The Labute approximate surface area is 109 Å². The Morgan fingerprint density at radius 2 is 1.84 bits per heavy atom. The van der Waals surface area contributed by atoms with Crippen LogP contribution in [-0.2, 0) is 9.53 Å². The number of hydrogen-bond donors (Lipinski definition) is 0. The van der Waals surface area contributed by atoms with Crippen LogP contribution in [0.4, 0.5) is 17.6 Å². The lowest BCUT2D eigenvalue weighted by atomic mass is 9.74. The molecule has 0 aromatic carbocycles. The van der Waals surface area contributed by atoms with E-state index in [4.69, 9.17) is 4.74 Å². The highest BCUT2D eigenvalue weighted by molar-refractivity contribution is 5.88. The fraction of sp³-hybridized carbons (Fsp3) is 0.923. The molecule has 1 saturated heterocycles. The molecular weight excluding hydrogens is 264 g/mol. The van der Waals surface area contributed by atoms with Crippen molar-refractivity contribution in [1.29, 1.82) is 0 Å². The van der Waals surface area contributed by atoms with Crippen molar-refractivity contribution in [3.63, 3.8) is 0 Å². The van der Waals surface area contributed by atoms with E-state index in [-0.39, 0.29) is 19.4 Å². The average molecular weight is 282 g/mol. The van der Waals surface area contributed by atoms with Crippen LogP contribution in [0.3, 0.4) is 0 Å². The number of carbonyl (C=O) groups excluding carboxylic acids is 1. The molecule has 1 heterocycles. The van der Waals surface area contributed by atoms with Crippen LogP contribution in [0.5, 0.6) is 0 Å². The summed E-state index contributed by atoms with van der Waals surface area (Å²) in [6.07, 6.45) is 0.755. The van der Waals surface area contributed by atoms with Gasteiger partial charge in [-0.3, -0.25) is 4.79 Å². The fourth-order valence-electron chi connectivity index (χ4n) is 3.18. The van der Waals surface area contributed by atoms with Gasteiger partial charge in [-0.25, -0.2) is 8.78 Å². The molecule has 1 saturated carbocycles. The first-order valence-electron chi connectivity index (χ1n) is 6.72. The molecule has 0 aromatic rings. The van der Waals surface area contributed by atoms with E-state index in [1.807, 2.05) is 0 Å². The topological polar surface area (TPSA) is 26.3 Å². The Bertz CT molecular complexity index is 332. The zero-order valence-electron chi connectivity index (χ0n) is 10.6. The maximum atomic E-state index is 13.1. The molecule has 1 aliphatic carbocycles. The Balaban J connectivity index is 2.07. The van der Waals surface area contributed by atoms with E-state index in [1.165, 1.54) is 0 Å². The minimum absolute atomic E-state index is 0.114. The van der Waals surface area contributed by atoms with Crippen LogP contribution in [0.2, 0.25) is 0 Å². The molecule has 2 nitrogen and oxygen atoms in total. The molecule has 110 valence electrons. The third-order valence-corrected chi connectivity index (χ3v) is 4.23. The second kappa shape index (κ2) is 5.38. The summed E-state index contributed by atoms with van der Waals surface area (Å²) < 4.78 is 56.5. The number of hydrogen-bond acceptors (Lipinski definition) is 2. The molecule has 0 amide bonds. The van der Waals surface area contributed by atoms with Gasteiger partial charge in [-0.2, -0.15) is 8.78 Å². The summed E-state index contributed by atoms with van der Waals surface area (Å²) in [6, 6.07) is 0. The van der Waals surface area contributed by atoms with Crippen molar-refractivity contribution in [2.24, 2.45) is 5.92 Å². The van der Waals surface area contributed by atoms with Crippen LogP contribution < -0.4 is 0 Å². The van der Waals surface area contributed by atoms with Crippen molar-refractivity contribution in [3.8, 4) is 0 Å². The van der Waals surface area contributed by atoms with Gasteiger partial charge in [-0.15, -0.1) is 0 Å². The lowest BCUT2D eigenvalue weighted by Gasteiger charge is -2.43. The minimum Gasteiger partial charge on any atom is -0.375 e. The van der Waals surface area contributed by atoms with Crippen LogP contribution in [0.15, 0.2) is 0 Å². The SMILES string of the molecule is O=C(C1CCOC2(CCCCC2)C1)C(F)(F)C(F)F. The van der Waals surface area contributed by atoms with E-state index < -0.39 is 29.7 Å². The molecule has 1 aliphatic heterocycles. The van der Waals surface area contributed by atoms with Crippen molar-refractivity contribution in [1.82, 2.24) is 0 Å². The normalized spacial score (nSPS) is 27.7. The highest BCUT2D eigenvalue weighted by Gasteiger charge is 2.53. The number of Topliss-reactive ketones (excluding diaryl/α,β-unsaturated/α-hetero) is 1. The quantitative estimate of drug-likeness (QED) is 0.739. The van der Waals surface area contributed by atoms with E-state index in [1.54, 1.807) is 0 Å². The van der Waals surface area contributed by atoms with E-state index in [2.05, 4.69) is 0 Å². The van der Waals surface area contributed by atoms with Crippen molar-refractivity contribution >= 4 is 5.78 Å². The van der Waals surface area contributed by atoms with Gasteiger partial charge in [0.1, 0.15) is 0 Å². The van der Waals surface area contributed by atoms with Gasteiger partial charge >= 0.3 is 12.3 Å². The molecule has 19 heavy (non-hydrogen) atoms. The zero-order chi connectivity index (χ0) is 14.1. The summed E-state index contributed by atoms with van der Waals surface area (Å²) in [5, 5.41) is 0. The summed E-state index contributed by atoms with van der Waals surface area (Å²) in [6.45, 7) is 0.204. The molecule has 6 heteroatoms. The Hall–Kier alpha value is -0.650. The van der Waals surface area contributed by atoms with Gasteiger partial charge in [-0.1, -0.05) is 19.3 Å². The van der Waals surface area contributed by atoms with Gasteiger partial charge in [0.15, 0.2) is 0 Å². The minimum atomic E-state index is -4.53. The molecule has 0 aromatic heterocycles. The molecule has 1 spiro atoms. The number of alkyl halides is 4. The number of ketones is 1. The van der Waals surface area contributed by atoms with Crippen LogP contribution in [-0.4, -0.2) is 30.3 Å². The van der Waals surface area contributed by atoms with Gasteiger partial charge < -0.3 is 4.74 Å². The molecular formula is C13H18F4O2. The molecule has 2 rings (SSSR count). The Morgan fingerprint density at radius 1 is 1.21 bits per heavy atom. The van der Waals surface area contributed by atoms with Crippen LogP contribution >= 0.6 is 0 Å². The van der Waals surface area contributed by atoms with E-state index in [9.17, 15) is 22.4 Å². The molecule has 1 unspecified atom stereocenters. The van der Waals surface area contributed by atoms with E-state index in [0.29, 0.717) is 0 Å². The first-order valence-corrected chi connectivity index (χ1v) is 6.72. The lowest BCUT2D eigenvalue weighted by molar-refractivity contribution is -0.181. The number of carbonyl (C=O) groups is 1. The summed E-state index contributed by atoms with van der Waals surface area (Å²) in [4.78, 5) is 11.6. The summed E-state index contributed by atoms with van der Waals surface area (Å²) in [5.41, 5.74) is -0.533. The van der Waals surface area contributed by atoms with Gasteiger partial charge in [0, 0.05) is 12.5 Å². The van der Waals surface area contributed by atoms with Crippen molar-refractivity contribution in [2.45, 2.75) is 62.9 Å². The highest BCUT2D eigenvalue weighted by Crippen LogP contribution is 2.42. The number of rotatable bonds is 3. The molecule has 0 N–H and O–H groups in total. The first-order chi connectivity index (χ1) is 8.87. The van der Waals surface area contributed by atoms with Gasteiger partial charge in [0.05, 0.1) is 5.60 Å². The monoisotopic (exact) mass is 282 g/mol. The Kier molecular flexibility index (Phi) is 4.18. The predicted octanol–water partition coefficient (Wildman–Crippen LogP) is 3.59. The van der Waals surface area contributed by atoms with E-state index in [0.717, 1.165) is 32.1 Å². The fourth-order valence-corrected chi connectivity index (χ4v) is 3.18. The maximum Gasteiger partial charge on any atom is 0.364 e. The molecule has 2 fully saturated rings. The van der Waals surface area contributed by atoms with E-state index >= 15 is 0 Å². The van der Waals surface area contributed by atoms with Gasteiger partial charge in [0.2, 0.25) is 5.78 Å². The highest BCUT2D eigenvalue weighted by atomic mass is 19.3. The average Bonchev–Trinajstić information content (AvgIpc) is 2.38. The number of ether oxygens (including phenoxy) is 1. The van der Waals surface area contributed by atoms with Crippen molar-refractivity contribution in [3.05, 3.63) is 0 Å². The predicted molar refractivity (Wildman–Crippen MR) is 60.5 cm³/mol. The molecule has 0 bridgehead atoms. The smallest absolute Gasteiger partial charge is 0.364 e.